The third-order valence-corrected chi connectivity index (χ3v) is 3.73. The summed E-state index contributed by atoms with van der Waals surface area (Å²) in [5, 5.41) is 0. The summed E-state index contributed by atoms with van der Waals surface area (Å²) in [6, 6.07) is 4.35. The van der Waals surface area contributed by atoms with Gasteiger partial charge < -0.3 is 4.74 Å². The molecule has 88 valence electrons. The minimum absolute atomic E-state index is 0.144. The van der Waals surface area contributed by atoms with Crippen molar-refractivity contribution in [3.05, 3.63) is 28.8 Å². The highest BCUT2D eigenvalue weighted by atomic mass is 32.2. The summed E-state index contributed by atoms with van der Waals surface area (Å²) in [6.45, 7) is 6.32. The summed E-state index contributed by atoms with van der Waals surface area (Å²) in [7, 11) is 1.43. The van der Waals surface area contributed by atoms with E-state index in [1.165, 1.54) is 28.7 Å². The number of esters is 1. The van der Waals surface area contributed by atoms with E-state index in [1.807, 2.05) is 0 Å². The number of methoxy groups -OCH3 is 1. The summed E-state index contributed by atoms with van der Waals surface area (Å²) in [6.07, 6.45) is 0.466. The number of thioether (sulfide) groups is 1. The van der Waals surface area contributed by atoms with Gasteiger partial charge in [0.05, 0.1) is 13.5 Å². The summed E-state index contributed by atoms with van der Waals surface area (Å²) in [4.78, 5) is 12.3. The number of benzene rings is 1. The zero-order valence-electron chi connectivity index (χ0n) is 10.3. The number of carbonyl (C=O) groups is 1. The molecule has 0 bridgehead atoms. The molecule has 16 heavy (non-hydrogen) atoms. The number of carbonyl (C=O) groups excluding carboxylic acids is 1. The van der Waals surface area contributed by atoms with Gasteiger partial charge in [-0.05, 0) is 31.9 Å². The van der Waals surface area contributed by atoms with Gasteiger partial charge in [-0.3, -0.25) is 4.79 Å². The molecule has 3 heteroatoms. The van der Waals surface area contributed by atoms with Crippen LogP contribution in [0.3, 0.4) is 0 Å². The Labute approximate surface area is 101 Å². The smallest absolute Gasteiger partial charge is 0.306 e. The first-order valence-corrected chi connectivity index (χ1v) is 6.30. The van der Waals surface area contributed by atoms with Gasteiger partial charge in [-0.25, -0.2) is 0 Å². The molecular weight excluding hydrogens is 220 g/mol. The Hall–Kier alpha value is -0.960. The fraction of sp³-hybridized carbons (Fsp3) is 0.462. The van der Waals surface area contributed by atoms with Crippen LogP contribution in [-0.2, 0) is 9.53 Å². The highest BCUT2D eigenvalue weighted by molar-refractivity contribution is 7.99. The van der Waals surface area contributed by atoms with Crippen molar-refractivity contribution in [3.8, 4) is 0 Å². The van der Waals surface area contributed by atoms with Crippen LogP contribution in [0.1, 0.15) is 23.1 Å². The second-order valence-corrected chi connectivity index (χ2v) is 5.01. The predicted octanol–water partition coefficient (Wildman–Crippen LogP) is 3.27. The molecule has 1 aromatic carbocycles. The Bertz CT molecular complexity index is 363. The lowest BCUT2D eigenvalue weighted by Gasteiger charge is -2.10. The molecule has 0 unspecified atom stereocenters. The van der Waals surface area contributed by atoms with E-state index in [1.54, 1.807) is 11.8 Å². The predicted molar refractivity (Wildman–Crippen MR) is 68.0 cm³/mol. The van der Waals surface area contributed by atoms with Crippen LogP contribution in [0.25, 0.3) is 0 Å². The van der Waals surface area contributed by atoms with Crippen molar-refractivity contribution < 1.29 is 9.53 Å². The van der Waals surface area contributed by atoms with Crippen LogP contribution in [0, 0.1) is 20.8 Å². The van der Waals surface area contributed by atoms with Gasteiger partial charge in [-0.15, -0.1) is 11.8 Å². The fourth-order valence-corrected chi connectivity index (χ4v) is 2.78. The number of aryl methyl sites for hydroxylation is 3. The molecule has 1 aromatic rings. The van der Waals surface area contributed by atoms with Gasteiger partial charge in [0.1, 0.15) is 0 Å². The van der Waals surface area contributed by atoms with Gasteiger partial charge in [-0.2, -0.15) is 0 Å². The molecule has 0 saturated carbocycles. The van der Waals surface area contributed by atoms with Crippen LogP contribution in [-0.4, -0.2) is 18.8 Å². The lowest BCUT2D eigenvalue weighted by molar-refractivity contribution is -0.140. The molecular formula is C13H18O2S. The second kappa shape index (κ2) is 5.94. The molecule has 1 rings (SSSR count). The first-order chi connectivity index (χ1) is 7.54. The average molecular weight is 238 g/mol. The Balaban J connectivity index is 2.64. The molecule has 2 nitrogen and oxygen atoms in total. The van der Waals surface area contributed by atoms with Gasteiger partial charge in [-0.1, -0.05) is 17.7 Å². The number of rotatable bonds is 4. The lowest BCUT2D eigenvalue weighted by atomic mass is 10.1. The van der Waals surface area contributed by atoms with Gasteiger partial charge in [0.15, 0.2) is 0 Å². The monoisotopic (exact) mass is 238 g/mol. The van der Waals surface area contributed by atoms with Gasteiger partial charge in [0, 0.05) is 10.6 Å². The SMILES string of the molecule is COC(=O)CCSc1c(C)cc(C)cc1C. The van der Waals surface area contributed by atoms with Crippen LogP contribution in [0.5, 0.6) is 0 Å². The highest BCUT2D eigenvalue weighted by Gasteiger charge is 2.06. The van der Waals surface area contributed by atoms with E-state index in [9.17, 15) is 4.79 Å². The third kappa shape index (κ3) is 3.56. The molecule has 0 aliphatic rings. The van der Waals surface area contributed by atoms with Crippen molar-refractivity contribution in [2.75, 3.05) is 12.9 Å². The molecule has 0 heterocycles. The van der Waals surface area contributed by atoms with Crippen molar-refractivity contribution in [1.82, 2.24) is 0 Å². The van der Waals surface area contributed by atoms with E-state index >= 15 is 0 Å². The van der Waals surface area contributed by atoms with Gasteiger partial charge in [0.25, 0.3) is 0 Å². The van der Waals surface area contributed by atoms with Crippen molar-refractivity contribution in [3.63, 3.8) is 0 Å². The van der Waals surface area contributed by atoms with Crippen molar-refractivity contribution >= 4 is 17.7 Å². The second-order valence-electron chi connectivity index (χ2n) is 3.90. The molecule has 0 aliphatic carbocycles. The van der Waals surface area contributed by atoms with E-state index < -0.39 is 0 Å². The Morgan fingerprint density at radius 3 is 2.31 bits per heavy atom. The summed E-state index contributed by atoms with van der Waals surface area (Å²) >= 11 is 1.73. The maximum atomic E-state index is 11.0. The van der Waals surface area contributed by atoms with Gasteiger partial charge in [0.2, 0.25) is 0 Å². The molecule has 0 radical (unpaired) electrons. The molecule has 0 amide bonds. The standard InChI is InChI=1S/C13H18O2S/c1-9-7-10(2)13(11(3)8-9)16-6-5-12(14)15-4/h7-8H,5-6H2,1-4H3. The molecule has 0 spiro atoms. The van der Waals surface area contributed by atoms with Crippen molar-refractivity contribution in [2.45, 2.75) is 32.1 Å². The maximum Gasteiger partial charge on any atom is 0.306 e. The summed E-state index contributed by atoms with van der Waals surface area (Å²) in [5.74, 6) is 0.632. The first-order valence-electron chi connectivity index (χ1n) is 5.32. The van der Waals surface area contributed by atoms with E-state index in [4.69, 9.17) is 0 Å². The van der Waals surface area contributed by atoms with E-state index in [0.29, 0.717) is 6.42 Å². The minimum atomic E-state index is -0.144. The van der Waals surface area contributed by atoms with Crippen LogP contribution >= 0.6 is 11.8 Å². The third-order valence-electron chi connectivity index (χ3n) is 2.38. The quantitative estimate of drug-likeness (QED) is 0.595. The Morgan fingerprint density at radius 1 is 1.25 bits per heavy atom. The zero-order valence-corrected chi connectivity index (χ0v) is 11.1. The summed E-state index contributed by atoms with van der Waals surface area (Å²) < 4.78 is 4.62. The van der Waals surface area contributed by atoms with Crippen molar-refractivity contribution in [2.24, 2.45) is 0 Å². The molecule has 0 aliphatic heterocycles. The minimum Gasteiger partial charge on any atom is -0.469 e. The highest BCUT2D eigenvalue weighted by Crippen LogP contribution is 2.27. The van der Waals surface area contributed by atoms with Crippen LogP contribution in [0.2, 0.25) is 0 Å². The van der Waals surface area contributed by atoms with Crippen LogP contribution in [0.4, 0.5) is 0 Å². The van der Waals surface area contributed by atoms with E-state index in [2.05, 4.69) is 37.6 Å². The average Bonchev–Trinajstić information content (AvgIpc) is 2.21. The topological polar surface area (TPSA) is 26.3 Å². The Kier molecular flexibility index (Phi) is 4.87. The Morgan fingerprint density at radius 2 is 1.81 bits per heavy atom. The number of hydrogen-bond donors (Lipinski definition) is 0. The largest absolute Gasteiger partial charge is 0.469 e. The maximum absolute atomic E-state index is 11.0. The van der Waals surface area contributed by atoms with E-state index in [-0.39, 0.29) is 5.97 Å². The summed E-state index contributed by atoms with van der Waals surface area (Å²) in [5.41, 5.74) is 3.85. The zero-order chi connectivity index (χ0) is 12.1. The van der Waals surface area contributed by atoms with Crippen LogP contribution < -0.4 is 0 Å². The van der Waals surface area contributed by atoms with Crippen LogP contribution in [0.15, 0.2) is 17.0 Å². The normalized spacial score (nSPS) is 10.2. The molecule has 0 aromatic heterocycles. The molecule has 0 atom stereocenters. The molecule has 0 fully saturated rings. The molecule has 0 N–H and O–H groups in total. The lowest BCUT2D eigenvalue weighted by Crippen LogP contribution is -2.01. The number of hydrogen-bond acceptors (Lipinski definition) is 3. The first kappa shape index (κ1) is 13.1. The van der Waals surface area contributed by atoms with Gasteiger partial charge >= 0.3 is 5.97 Å². The van der Waals surface area contributed by atoms with E-state index in [0.717, 1.165) is 5.75 Å². The fourth-order valence-electron chi connectivity index (χ4n) is 1.73. The number of ether oxygens (including phenoxy) is 1. The molecule has 0 saturated heterocycles. The van der Waals surface area contributed by atoms with Crippen molar-refractivity contribution in [1.29, 1.82) is 0 Å².